The molecular formula is C14H21IN6S. The number of guanidine groups is 1. The average Bonchev–Trinajstić information content (AvgIpc) is 2.55. The first kappa shape index (κ1) is 18.8. The number of hydrogen-bond acceptors (Lipinski definition) is 5. The van der Waals surface area contributed by atoms with Crippen LogP contribution < -0.4 is 10.6 Å². The van der Waals surface area contributed by atoms with Crippen LogP contribution in [0.2, 0.25) is 0 Å². The van der Waals surface area contributed by atoms with Crippen molar-refractivity contribution in [1.82, 2.24) is 14.9 Å². The van der Waals surface area contributed by atoms with E-state index in [9.17, 15) is 0 Å². The summed E-state index contributed by atoms with van der Waals surface area (Å²) in [5.74, 6) is 5.62. The monoisotopic (exact) mass is 432 g/mol. The maximum atomic E-state index is 6.02. The second kappa shape index (κ2) is 10.5. The van der Waals surface area contributed by atoms with Gasteiger partial charge in [-0.3, -0.25) is 4.99 Å². The van der Waals surface area contributed by atoms with Crippen molar-refractivity contribution in [1.29, 1.82) is 0 Å². The fourth-order valence-corrected chi connectivity index (χ4v) is 2.53. The summed E-state index contributed by atoms with van der Waals surface area (Å²) in [5.41, 5.74) is 6.02. The van der Waals surface area contributed by atoms with Gasteiger partial charge in [0.05, 0.1) is 12.3 Å². The van der Waals surface area contributed by atoms with E-state index in [1.807, 2.05) is 6.07 Å². The number of halogens is 1. The zero-order valence-electron chi connectivity index (χ0n) is 12.4. The minimum absolute atomic E-state index is 0. The van der Waals surface area contributed by atoms with Crippen LogP contribution in [0.1, 0.15) is 0 Å². The van der Waals surface area contributed by atoms with Crippen molar-refractivity contribution in [2.24, 2.45) is 10.7 Å². The highest BCUT2D eigenvalue weighted by Gasteiger charge is 2.19. The fraction of sp³-hybridized carbons (Fsp3) is 0.500. The second-order valence-corrected chi connectivity index (χ2v) is 5.62. The van der Waals surface area contributed by atoms with E-state index >= 15 is 0 Å². The molecule has 2 heterocycles. The predicted molar refractivity (Wildman–Crippen MR) is 104 cm³/mol. The number of nitrogens with two attached hydrogens (primary N) is 1. The van der Waals surface area contributed by atoms with Crippen LogP contribution in [0.4, 0.5) is 5.95 Å². The van der Waals surface area contributed by atoms with E-state index in [2.05, 4.69) is 30.7 Å². The minimum atomic E-state index is 0. The van der Waals surface area contributed by atoms with E-state index in [1.165, 1.54) is 0 Å². The molecular weight excluding hydrogens is 411 g/mol. The van der Waals surface area contributed by atoms with Crippen LogP contribution in [0.5, 0.6) is 0 Å². The van der Waals surface area contributed by atoms with Crippen LogP contribution in [0.3, 0.4) is 0 Å². The first-order valence-corrected chi connectivity index (χ1v) is 8.05. The molecule has 1 aliphatic heterocycles. The lowest BCUT2D eigenvalue weighted by atomic mass is 10.3. The van der Waals surface area contributed by atoms with Crippen LogP contribution in [0, 0.1) is 12.3 Å². The van der Waals surface area contributed by atoms with Gasteiger partial charge in [-0.1, -0.05) is 5.92 Å². The molecule has 1 fully saturated rings. The molecule has 2 rings (SSSR count). The third kappa shape index (κ3) is 5.88. The van der Waals surface area contributed by atoms with E-state index in [0.29, 0.717) is 12.5 Å². The lowest BCUT2D eigenvalue weighted by molar-refractivity contribution is 0.378. The summed E-state index contributed by atoms with van der Waals surface area (Å²) in [7, 11) is 0. The molecule has 1 aromatic rings. The molecule has 0 aromatic carbocycles. The average molecular weight is 432 g/mol. The van der Waals surface area contributed by atoms with Gasteiger partial charge in [-0.2, -0.15) is 0 Å². The van der Waals surface area contributed by atoms with E-state index in [4.69, 9.17) is 12.2 Å². The zero-order valence-corrected chi connectivity index (χ0v) is 15.5. The summed E-state index contributed by atoms with van der Waals surface area (Å²) in [6, 6.07) is 1.82. The molecule has 0 atom stereocenters. The van der Waals surface area contributed by atoms with E-state index in [1.54, 1.807) is 24.2 Å². The lowest BCUT2D eigenvalue weighted by Gasteiger charge is -2.35. The number of rotatable bonds is 5. The van der Waals surface area contributed by atoms with Crippen molar-refractivity contribution >= 4 is 47.6 Å². The van der Waals surface area contributed by atoms with Gasteiger partial charge in [0.15, 0.2) is 5.96 Å². The second-order valence-electron chi connectivity index (χ2n) is 4.52. The number of nitrogens with zero attached hydrogens (tertiary/aromatic N) is 5. The van der Waals surface area contributed by atoms with Gasteiger partial charge in [-0.15, -0.1) is 42.2 Å². The number of anilines is 1. The molecule has 0 radical (unpaired) electrons. The Kier molecular flexibility index (Phi) is 9.00. The Morgan fingerprint density at radius 3 is 2.64 bits per heavy atom. The van der Waals surface area contributed by atoms with Gasteiger partial charge in [0.25, 0.3) is 0 Å². The fourth-order valence-electron chi connectivity index (χ4n) is 2.05. The molecule has 8 heteroatoms. The highest BCUT2D eigenvalue weighted by atomic mass is 127. The number of piperazine rings is 1. The molecule has 0 unspecified atom stereocenters. The van der Waals surface area contributed by atoms with Crippen molar-refractivity contribution in [2.45, 2.75) is 0 Å². The zero-order chi connectivity index (χ0) is 14.9. The van der Waals surface area contributed by atoms with Gasteiger partial charge >= 0.3 is 0 Å². The quantitative estimate of drug-likeness (QED) is 0.245. The van der Waals surface area contributed by atoms with Gasteiger partial charge in [0, 0.05) is 44.3 Å². The van der Waals surface area contributed by atoms with Crippen molar-refractivity contribution in [3.63, 3.8) is 0 Å². The van der Waals surface area contributed by atoms with Crippen LogP contribution in [-0.2, 0) is 0 Å². The molecule has 22 heavy (non-hydrogen) atoms. The van der Waals surface area contributed by atoms with Crippen molar-refractivity contribution in [3.8, 4) is 12.3 Å². The van der Waals surface area contributed by atoms with E-state index < -0.39 is 0 Å². The molecule has 1 saturated heterocycles. The maximum Gasteiger partial charge on any atom is 0.225 e. The van der Waals surface area contributed by atoms with Gasteiger partial charge in [-0.05, 0) is 6.07 Å². The van der Waals surface area contributed by atoms with Crippen LogP contribution >= 0.6 is 35.7 Å². The van der Waals surface area contributed by atoms with Crippen molar-refractivity contribution in [3.05, 3.63) is 18.5 Å². The van der Waals surface area contributed by atoms with Gasteiger partial charge in [-0.25, -0.2) is 9.97 Å². The third-order valence-corrected chi connectivity index (χ3v) is 3.98. The Balaban J connectivity index is 0.00000242. The standard InChI is InChI=1S/C14H20N6S.HI/c1-2-11-21-12-6-16-13(15)19-7-9-20(10-8-19)14-17-4-3-5-18-14;/h1,3-5H,6-12H2,(H2,15,16);1H. The van der Waals surface area contributed by atoms with Gasteiger partial charge < -0.3 is 15.5 Å². The topological polar surface area (TPSA) is 70.6 Å². The van der Waals surface area contributed by atoms with Crippen molar-refractivity contribution in [2.75, 3.05) is 49.1 Å². The van der Waals surface area contributed by atoms with Gasteiger partial charge in [0.2, 0.25) is 5.95 Å². The molecule has 6 nitrogen and oxygen atoms in total. The lowest BCUT2D eigenvalue weighted by Crippen LogP contribution is -2.51. The minimum Gasteiger partial charge on any atom is -0.370 e. The Hall–Kier alpha value is -1.21. The smallest absolute Gasteiger partial charge is 0.225 e. The number of aliphatic imine (C=N–C) groups is 1. The number of thioether (sulfide) groups is 1. The molecule has 2 N–H and O–H groups in total. The highest BCUT2D eigenvalue weighted by Crippen LogP contribution is 2.09. The number of hydrogen-bond donors (Lipinski definition) is 1. The molecule has 0 saturated carbocycles. The largest absolute Gasteiger partial charge is 0.370 e. The molecule has 0 spiro atoms. The first-order chi connectivity index (χ1) is 10.3. The molecule has 0 aliphatic carbocycles. The molecule has 1 aliphatic rings. The van der Waals surface area contributed by atoms with Gasteiger partial charge in [0.1, 0.15) is 0 Å². The summed E-state index contributed by atoms with van der Waals surface area (Å²) < 4.78 is 0. The van der Waals surface area contributed by atoms with E-state index in [0.717, 1.165) is 43.6 Å². The third-order valence-electron chi connectivity index (χ3n) is 3.13. The van der Waals surface area contributed by atoms with Crippen molar-refractivity contribution < 1.29 is 0 Å². The van der Waals surface area contributed by atoms with E-state index in [-0.39, 0.29) is 24.0 Å². The van der Waals surface area contributed by atoms with Crippen LogP contribution in [0.15, 0.2) is 23.5 Å². The summed E-state index contributed by atoms with van der Waals surface area (Å²) in [5, 5.41) is 0. The maximum absolute atomic E-state index is 6.02. The predicted octanol–water partition coefficient (Wildman–Crippen LogP) is 0.898. The molecule has 120 valence electrons. The molecule has 1 aromatic heterocycles. The Morgan fingerprint density at radius 2 is 2.00 bits per heavy atom. The molecule has 0 amide bonds. The Morgan fingerprint density at radius 1 is 1.32 bits per heavy atom. The Bertz CT molecular complexity index is 496. The SMILES string of the molecule is C#CCSCCN=C(N)N1CCN(c2ncccn2)CC1.I. The number of terminal acetylenes is 1. The summed E-state index contributed by atoms with van der Waals surface area (Å²) >= 11 is 1.70. The van der Waals surface area contributed by atoms with Crippen LogP contribution in [-0.4, -0.2) is 65.1 Å². The van der Waals surface area contributed by atoms with Crippen LogP contribution in [0.25, 0.3) is 0 Å². The normalized spacial score (nSPS) is 15.1. The molecule has 0 bridgehead atoms. The summed E-state index contributed by atoms with van der Waals surface area (Å²) in [4.78, 5) is 17.2. The summed E-state index contributed by atoms with van der Waals surface area (Å²) in [6.07, 6.45) is 8.72. The summed E-state index contributed by atoms with van der Waals surface area (Å²) in [6.45, 7) is 4.09. The highest BCUT2D eigenvalue weighted by molar-refractivity contribution is 14.0. The number of aromatic nitrogens is 2. The Labute approximate surface area is 153 Å². The first-order valence-electron chi connectivity index (χ1n) is 6.89.